The molecule has 0 amide bonds. The lowest BCUT2D eigenvalue weighted by molar-refractivity contribution is -0.384. The Labute approximate surface area is 183 Å². The lowest BCUT2D eigenvalue weighted by Crippen LogP contribution is -2.27. The number of sulfonamides is 1. The van der Waals surface area contributed by atoms with Crippen LogP contribution in [0.25, 0.3) is 5.95 Å². The monoisotopic (exact) mass is 456 g/mol. The lowest BCUT2D eigenvalue weighted by Gasteiger charge is -2.12. The van der Waals surface area contributed by atoms with E-state index >= 15 is 0 Å². The fourth-order valence-electron chi connectivity index (χ4n) is 2.66. The molecule has 1 aromatic carbocycles. The number of benzene rings is 1. The number of non-ortho nitro benzene ring substituents is 1. The van der Waals surface area contributed by atoms with Crippen molar-refractivity contribution in [1.29, 1.82) is 0 Å². The summed E-state index contributed by atoms with van der Waals surface area (Å²) in [6.07, 6.45) is 3.50. The van der Waals surface area contributed by atoms with E-state index in [1.54, 1.807) is 33.2 Å². The normalized spacial score (nSPS) is 10.8. The van der Waals surface area contributed by atoms with Gasteiger partial charge in [-0.1, -0.05) is 6.07 Å². The van der Waals surface area contributed by atoms with E-state index in [2.05, 4.69) is 25.1 Å². The Kier molecular flexibility index (Phi) is 6.59. The van der Waals surface area contributed by atoms with Crippen molar-refractivity contribution in [3.8, 4) is 5.95 Å². The summed E-state index contributed by atoms with van der Waals surface area (Å²) in [6.45, 7) is 5.19. The van der Waals surface area contributed by atoms with Crippen LogP contribution in [0.5, 0.6) is 0 Å². The predicted molar refractivity (Wildman–Crippen MR) is 115 cm³/mol. The molecule has 0 atom stereocenters. The first-order valence-electron chi connectivity index (χ1n) is 9.27. The number of aromatic nitrogens is 6. The zero-order valence-electron chi connectivity index (χ0n) is 17.4. The molecule has 0 aliphatic carbocycles. The second-order valence-electron chi connectivity index (χ2n) is 6.59. The molecule has 0 saturated heterocycles. The van der Waals surface area contributed by atoms with Crippen molar-refractivity contribution in [2.24, 2.45) is 0 Å². The van der Waals surface area contributed by atoms with E-state index in [0.29, 0.717) is 5.82 Å². The van der Waals surface area contributed by atoms with Gasteiger partial charge in [-0.3, -0.25) is 15.1 Å². The van der Waals surface area contributed by atoms with Crippen LogP contribution >= 0.6 is 0 Å². The van der Waals surface area contributed by atoms with E-state index in [1.165, 1.54) is 9.36 Å². The van der Waals surface area contributed by atoms with Crippen LogP contribution in [0.15, 0.2) is 65.8 Å². The summed E-state index contributed by atoms with van der Waals surface area (Å²) in [5, 5.41) is 22.8. The van der Waals surface area contributed by atoms with E-state index in [9.17, 15) is 18.5 Å². The molecule has 0 unspecified atom stereocenters. The number of pyridine rings is 1. The first kappa shape index (κ1) is 22.6. The van der Waals surface area contributed by atoms with E-state index < -0.39 is 14.9 Å². The maximum absolute atomic E-state index is 12.6. The Morgan fingerprint density at radius 1 is 1.00 bits per heavy atom. The third-order valence-electron chi connectivity index (χ3n) is 4.14. The molecule has 0 bridgehead atoms. The van der Waals surface area contributed by atoms with Gasteiger partial charge in [0.15, 0.2) is 5.82 Å². The van der Waals surface area contributed by atoms with Crippen molar-refractivity contribution in [2.45, 2.75) is 25.7 Å². The second-order valence-corrected chi connectivity index (χ2v) is 8.25. The van der Waals surface area contributed by atoms with Crippen LogP contribution in [0.1, 0.15) is 17.2 Å². The molecular weight excluding hydrogens is 436 g/mol. The Bertz CT molecular complexity index is 1290. The average Bonchev–Trinajstić information content (AvgIpc) is 3.30. The molecule has 3 heterocycles. The van der Waals surface area contributed by atoms with E-state index in [0.717, 1.165) is 35.7 Å². The quantitative estimate of drug-likeness (QED) is 0.355. The van der Waals surface area contributed by atoms with Gasteiger partial charge in [0, 0.05) is 30.2 Å². The summed E-state index contributed by atoms with van der Waals surface area (Å²) < 4.78 is 27.9. The van der Waals surface area contributed by atoms with E-state index in [-0.39, 0.29) is 16.5 Å². The summed E-state index contributed by atoms with van der Waals surface area (Å²) in [4.78, 5) is 16.1. The minimum Gasteiger partial charge on any atom is -0.265 e. The molecule has 13 heteroatoms. The third kappa shape index (κ3) is 5.13. The summed E-state index contributed by atoms with van der Waals surface area (Å²) in [5.41, 5.74) is 1.30. The van der Waals surface area contributed by atoms with Gasteiger partial charge in [-0.05, 0) is 51.1 Å². The highest BCUT2D eigenvalue weighted by atomic mass is 32.2. The van der Waals surface area contributed by atoms with Crippen molar-refractivity contribution < 1.29 is 13.3 Å². The van der Waals surface area contributed by atoms with Crippen molar-refractivity contribution in [3.05, 3.63) is 88.3 Å². The van der Waals surface area contributed by atoms with Gasteiger partial charge < -0.3 is 0 Å². The standard InChI is InChI=1S/C14H15N7O4S.C5H5N/c1-9-8-10(2)19(17-9)14-16-15-11(3)20(14)18-26(24,25)13-6-4-12(5-7-13)21(22)23;1-2-4-6-5-3-1/h4-8,18H,1-3H3;1-5H. The zero-order valence-corrected chi connectivity index (χ0v) is 18.3. The molecule has 166 valence electrons. The molecule has 12 nitrogen and oxygen atoms in total. The number of rotatable bonds is 5. The molecule has 4 aromatic rings. The molecule has 0 saturated carbocycles. The SMILES string of the molecule is Cc1cc(C)n(-c2nnc(C)n2NS(=O)(=O)c2ccc([N+](=O)[O-])cc2)n1.c1ccncc1. The molecule has 3 aromatic heterocycles. The summed E-state index contributed by atoms with van der Waals surface area (Å²) in [6, 6.07) is 12.1. The van der Waals surface area contributed by atoms with Gasteiger partial charge in [0.1, 0.15) is 0 Å². The average molecular weight is 456 g/mol. The zero-order chi connectivity index (χ0) is 23.3. The van der Waals surface area contributed by atoms with Crippen molar-refractivity contribution in [3.63, 3.8) is 0 Å². The van der Waals surface area contributed by atoms with Gasteiger partial charge in [0.2, 0.25) is 0 Å². The molecular formula is C19H20N8O4S. The predicted octanol–water partition coefficient (Wildman–Crippen LogP) is 2.31. The van der Waals surface area contributed by atoms with E-state index in [4.69, 9.17) is 0 Å². The fourth-order valence-corrected chi connectivity index (χ4v) is 3.71. The number of nitro groups is 1. The number of nitro benzene ring substituents is 1. The maximum Gasteiger partial charge on any atom is 0.275 e. The van der Waals surface area contributed by atoms with Gasteiger partial charge in [0.25, 0.3) is 21.7 Å². The highest BCUT2D eigenvalue weighted by molar-refractivity contribution is 7.92. The van der Waals surface area contributed by atoms with Crippen LogP contribution in [0.4, 0.5) is 5.69 Å². The van der Waals surface area contributed by atoms with Crippen LogP contribution < -0.4 is 4.83 Å². The first-order chi connectivity index (χ1) is 15.2. The third-order valence-corrected chi connectivity index (χ3v) is 5.46. The van der Waals surface area contributed by atoms with Gasteiger partial charge in [-0.2, -0.15) is 18.2 Å². The lowest BCUT2D eigenvalue weighted by atomic mass is 10.3. The van der Waals surface area contributed by atoms with Crippen molar-refractivity contribution in [2.75, 3.05) is 4.83 Å². The van der Waals surface area contributed by atoms with Gasteiger partial charge in [0.05, 0.1) is 15.5 Å². The van der Waals surface area contributed by atoms with Gasteiger partial charge in [-0.15, -0.1) is 10.2 Å². The van der Waals surface area contributed by atoms with Crippen molar-refractivity contribution in [1.82, 2.24) is 29.6 Å². The molecule has 0 radical (unpaired) electrons. The summed E-state index contributed by atoms with van der Waals surface area (Å²) in [5.74, 6) is 0.483. The molecule has 0 aliphatic heterocycles. The highest BCUT2D eigenvalue weighted by Crippen LogP contribution is 2.17. The van der Waals surface area contributed by atoms with Crippen LogP contribution in [0.3, 0.4) is 0 Å². The summed E-state index contributed by atoms with van der Waals surface area (Å²) >= 11 is 0. The molecule has 1 N–H and O–H groups in total. The largest absolute Gasteiger partial charge is 0.275 e. The summed E-state index contributed by atoms with van der Waals surface area (Å²) in [7, 11) is -4.02. The minimum atomic E-state index is -4.02. The first-order valence-corrected chi connectivity index (χ1v) is 10.8. The van der Waals surface area contributed by atoms with Crippen LogP contribution in [-0.2, 0) is 10.0 Å². The number of nitrogens with one attached hydrogen (secondary N) is 1. The topological polar surface area (TPSA) is 151 Å². The number of hydrogen-bond donors (Lipinski definition) is 1. The Balaban J connectivity index is 0.000000416. The second kappa shape index (κ2) is 9.34. The van der Waals surface area contributed by atoms with Crippen molar-refractivity contribution >= 4 is 15.7 Å². The molecule has 0 aliphatic rings. The Hall–Kier alpha value is -4.13. The molecule has 32 heavy (non-hydrogen) atoms. The smallest absolute Gasteiger partial charge is 0.265 e. The minimum absolute atomic E-state index is 0.129. The molecule has 0 fully saturated rings. The van der Waals surface area contributed by atoms with Gasteiger partial charge >= 0.3 is 0 Å². The highest BCUT2D eigenvalue weighted by Gasteiger charge is 2.21. The Morgan fingerprint density at radius 2 is 1.66 bits per heavy atom. The van der Waals surface area contributed by atoms with Crippen LogP contribution in [0.2, 0.25) is 0 Å². The molecule has 0 spiro atoms. The maximum atomic E-state index is 12.6. The number of aryl methyl sites for hydroxylation is 3. The van der Waals surface area contributed by atoms with Crippen LogP contribution in [0, 0.1) is 30.9 Å². The van der Waals surface area contributed by atoms with Crippen LogP contribution in [-0.4, -0.2) is 43.0 Å². The number of nitrogens with zero attached hydrogens (tertiary/aromatic N) is 7. The fraction of sp³-hybridized carbons (Fsp3) is 0.158. The molecule has 4 rings (SSSR count). The van der Waals surface area contributed by atoms with Gasteiger partial charge in [-0.25, -0.2) is 9.51 Å². The Morgan fingerprint density at radius 3 is 2.12 bits per heavy atom. The number of hydrogen-bond acceptors (Lipinski definition) is 8. The van der Waals surface area contributed by atoms with E-state index in [1.807, 2.05) is 24.3 Å².